The number of hydrogen-bond acceptors (Lipinski definition) is 4. The van der Waals surface area contributed by atoms with Gasteiger partial charge in [-0.3, -0.25) is 10.1 Å². The first-order valence-electron chi connectivity index (χ1n) is 5.87. The highest BCUT2D eigenvalue weighted by atomic mass is 16.6. The summed E-state index contributed by atoms with van der Waals surface area (Å²) in [6.07, 6.45) is 1.44. The number of nitrogens with one attached hydrogen (secondary N) is 1. The second kappa shape index (κ2) is 6.28. The number of anilines is 1. The van der Waals surface area contributed by atoms with Gasteiger partial charge < -0.3 is 11.1 Å². The zero-order valence-electron chi connectivity index (χ0n) is 10.6. The SMILES string of the molecule is NC(=NCc1ccccc1)Nc1ncccc1[N+](=O)[O-]. The fourth-order valence-electron chi connectivity index (χ4n) is 1.56. The number of rotatable bonds is 4. The largest absolute Gasteiger partial charge is 0.370 e. The van der Waals surface area contributed by atoms with Crippen LogP contribution in [0, 0.1) is 10.1 Å². The topological polar surface area (TPSA) is 106 Å². The van der Waals surface area contributed by atoms with Gasteiger partial charge in [0.25, 0.3) is 0 Å². The molecule has 0 atom stereocenters. The molecular weight excluding hydrogens is 258 g/mol. The molecule has 0 saturated carbocycles. The first-order valence-corrected chi connectivity index (χ1v) is 5.87. The molecule has 0 saturated heterocycles. The van der Waals surface area contributed by atoms with Crippen LogP contribution in [-0.4, -0.2) is 15.9 Å². The van der Waals surface area contributed by atoms with E-state index in [0.717, 1.165) is 5.56 Å². The minimum Gasteiger partial charge on any atom is -0.370 e. The zero-order valence-corrected chi connectivity index (χ0v) is 10.6. The molecule has 0 radical (unpaired) electrons. The Morgan fingerprint density at radius 1 is 1.30 bits per heavy atom. The molecule has 0 amide bonds. The van der Waals surface area contributed by atoms with Crippen molar-refractivity contribution in [3.05, 3.63) is 64.3 Å². The van der Waals surface area contributed by atoms with Crippen LogP contribution < -0.4 is 11.1 Å². The van der Waals surface area contributed by atoms with Crippen LogP contribution >= 0.6 is 0 Å². The normalized spacial score (nSPS) is 11.1. The number of guanidine groups is 1. The Labute approximate surface area is 115 Å². The van der Waals surface area contributed by atoms with Crippen molar-refractivity contribution in [2.75, 3.05) is 5.32 Å². The number of nitro groups is 1. The summed E-state index contributed by atoms with van der Waals surface area (Å²) in [4.78, 5) is 18.3. The molecule has 7 heteroatoms. The summed E-state index contributed by atoms with van der Waals surface area (Å²) in [7, 11) is 0. The van der Waals surface area contributed by atoms with Gasteiger partial charge >= 0.3 is 5.69 Å². The maximum absolute atomic E-state index is 10.8. The number of benzene rings is 1. The molecule has 7 nitrogen and oxygen atoms in total. The van der Waals surface area contributed by atoms with Gasteiger partial charge in [-0.05, 0) is 11.6 Å². The average molecular weight is 271 g/mol. The predicted molar refractivity (Wildman–Crippen MR) is 76.3 cm³/mol. The first-order chi connectivity index (χ1) is 9.66. The van der Waals surface area contributed by atoms with Gasteiger partial charge in [-0.15, -0.1) is 0 Å². The van der Waals surface area contributed by atoms with Crippen LogP contribution in [0.4, 0.5) is 11.5 Å². The number of nitrogens with two attached hydrogens (primary N) is 1. The number of aromatic nitrogens is 1. The quantitative estimate of drug-likeness (QED) is 0.382. The molecule has 20 heavy (non-hydrogen) atoms. The van der Waals surface area contributed by atoms with E-state index in [2.05, 4.69) is 15.3 Å². The Morgan fingerprint density at radius 2 is 2.05 bits per heavy atom. The van der Waals surface area contributed by atoms with Gasteiger partial charge in [0.05, 0.1) is 11.5 Å². The second-order valence-corrected chi connectivity index (χ2v) is 3.94. The van der Waals surface area contributed by atoms with Crippen LogP contribution in [0.5, 0.6) is 0 Å². The number of nitrogens with zero attached hydrogens (tertiary/aromatic N) is 3. The number of aliphatic imine (C=N–C) groups is 1. The first kappa shape index (κ1) is 13.5. The minimum atomic E-state index is -0.528. The zero-order chi connectivity index (χ0) is 14.4. The van der Waals surface area contributed by atoms with Crippen molar-refractivity contribution >= 4 is 17.5 Å². The van der Waals surface area contributed by atoms with E-state index in [1.807, 2.05) is 30.3 Å². The molecule has 1 aromatic heterocycles. The van der Waals surface area contributed by atoms with Gasteiger partial charge in [-0.25, -0.2) is 9.98 Å². The van der Waals surface area contributed by atoms with Gasteiger partial charge in [0.1, 0.15) is 0 Å². The summed E-state index contributed by atoms with van der Waals surface area (Å²) in [5.41, 5.74) is 6.54. The Balaban J connectivity index is 2.08. The van der Waals surface area contributed by atoms with Crippen molar-refractivity contribution in [3.8, 4) is 0 Å². The molecule has 0 unspecified atom stereocenters. The minimum absolute atomic E-state index is 0.0758. The molecule has 0 bridgehead atoms. The maximum atomic E-state index is 10.8. The van der Waals surface area contributed by atoms with Gasteiger partial charge in [0.15, 0.2) is 5.96 Å². The van der Waals surface area contributed by atoms with E-state index in [-0.39, 0.29) is 17.5 Å². The smallest absolute Gasteiger partial charge is 0.311 e. The molecule has 3 N–H and O–H groups in total. The standard InChI is InChI=1S/C13H13N5O2/c14-13(16-9-10-5-2-1-3-6-10)17-12-11(18(19)20)7-4-8-15-12/h1-8H,9H2,(H3,14,15,16,17). The summed E-state index contributed by atoms with van der Waals surface area (Å²) in [5, 5.41) is 13.5. The highest BCUT2D eigenvalue weighted by molar-refractivity contribution is 5.93. The molecule has 1 heterocycles. The fraction of sp³-hybridized carbons (Fsp3) is 0.0769. The maximum Gasteiger partial charge on any atom is 0.311 e. The van der Waals surface area contributed by atoms with E-state index < -0.39 is 4.92 Å². The lowest BCUT2D eigenvalue weighted by molar-refractivity contribution is -0.384. The third-order valence-electron chi connectivity index (χ3n) is 2.50. The van der Waals surface area contributed by atoms with Crippen LogP contribution in [0.3, 0.4) is 0 Å². The van der Waals surface area contributed by atoms with Crippen LogP contribution in [0.1, 0.15) is 5.56 Å². The lowest BCUT2D eigenvalue weighted by Gasteiger charge is -2.05. The highest BCUT2D eigenvalue weighted by Crippen LogP contribution is 2.19. The number of pyridine rings is 1. The lowest BCUT2D eigenvalue weighted by atomic mass is 10.2. The van der Waals surface area contributed by atoms with Gasteiger partial charge in [0.2, 0.25) is 5.82 Å². The summed E-state index contributed by atoms with van der Waals surface area (Å²) in [6.45, 7) is 0.389. The molecule has 2 aromatic rings. The molecule has 0 spiro atoms. The van der Waals surface area contributed by atoms with E-state index in [1.54, 1.807) is 0 Å². The Morgan fingerprint density at radius 3 is 2.75 bits per heavy atom. The molecule has 0 aliphatic carbocycles. The van der Waals surface area contributed by atoms with Crippen molar-refractivity contribution in [2.45, 2.75) is 6.54 Å². The molecular formula is C13H13N5O2. The van der Waals surface area contributed by atoms with Crippen molar-refractivity contribution in [1.82, 2.24) is 4.98 Å². The predicted octanol–water partition coefficient (Wildman–Crippen LogP) is 1.92. The molecule has 0 aliphatic rings. The van der Waals surface area contributed by atoms with Crippen molar-refractivity contribution in [1.29, 1.82) is 0 Å². The van der Waals surface area contributed by atoms with E-state index >= 15 is 0 Å². The molecule has 0 aliphatic heterocycles. The number of hydrogen-bond donors (Lipinski definition) is 2. The van der Waals surface area contributed by atoms with Crippen molar-refractivity contribution in [3.63, 3.8) is 0 Å². The van der Waals surface area contributed by atoms with Gasteiger partial charge in [0, 0.05) is 12.3 Å². The summed E-state index contributed by atoms with van der Waals surface area (Å²) in [5.74, 6) is 0.155. The van der Waals surface area contributed by atoms with Crippen LogP contribution in [-0.2, 0) is 6.54 Å². The molecule has 2 rings (SSSR count). The summed E-state index contributed by atoms with van der Waals surface area (Å²) < 4.78 is 0. The van der Waals surface area contributed by atoms with E-state index in [1.165, 1.54) is 18.3 Å². The highest BCUT2D eigenvalue weighted by Gasteiger charge is 2.14. The van der Waals surface area contributed by atoms with Crippen molar-refractivity contribution in [2.24, 2.45) is 10.7 Å². The molecule has 0 fully saturated rings. The van der Waals surface area contributed by atoms with Crippen LogP contribution in [0.2, 0.25) is 0 Å². The monoisotopic (exact) mass is 271 g/mol. The van der Waals surface area contributed by atoms with Crippen LogP contribution in [0.25, 0.3) is 0 Å². The van der Waals surface area contributed by atoms with Crippen molar-refractivity contribution < 1.29 is 4.92 Å². The third kappa shape index (κ3) is 3.52. The summed E-state index contributed by atoms with van der Waals surface area (Å²) in [6, 6.07) is 12.4. The lowest BCUT2D eigenvalue weighted by Crippen LogP contribution is -2.23. The average Bonchev–Trinajstić information content (AvgIpc) is 2.46. The molecule has 1 aromatic carbocycles. The third-order valence-corrected chi connectivity index (χ3v) is 2.50. The van der Waals surface area contributed by atoms with Gasteiger partial charge in [-0.1, -0.05) is 30.3 Å². The Bertz CT molecular complexity index is 628. The van der Waals surface area contributed by atoms with E-state index in [9.17, 15) is 10.1 Å². The fourth-order valence-corrected chi connectivity index (χ4v) is 1.56. The Kier molecular flexibility index (Phi) is 4.23. The van der Waals surface area contributed by atoms with Crippen LogP contribution in [0.15, 0.2) is 53.7 Å². The summed E-state index contributed by atoms with van der Waals surface area (Å²) >= 11 is 0. The van der Waals surface area contributed by atoms with E-state index in [0.29, 0.717) is 6.54 Å². The van der Waals surface area contributed by atoms with Gasteiger partial charge in [-0.2, -0.15) is 0 Å². The second-order valence-electron chi connectivity index (χ2n) is 3.94. The Hall–Kier alpha value is -2.96. The van der Waals surface area contributed by atoms with E-state index in [4.69, 9.17) is 5.73 Å². The molecule has 102 valence electrons.